The molecule has 1 saturated heterocycles. The topological polar surface area (TPSA) is 62.7 Å². The summed E-state index contributed by atoms with van der Waals surface area (Å²) in [5.74, 6) is -2.22. The van der Waals surface area contributed by atoms with Gasteiger partial charge >= 0.3 is 12.1 Å². The van der Waals surface area contributed by atoms with Crippen LogP contribution >= 0.6 is 0 Å². The van der Waals surface area contributed by atoms with Crippen molar-refractivity contribution in [2.24, 2.45) is 5.92 Å². The van der Waals surface area contributed by atoms with E-state index in [1.165, 1.54) is 11.1 Å². The molecule has 1 N–H and O–H groups in total. The fourth-order valence-corrected chi connectivity index (χ4v) is 3.60. The van der Waals surface area contributed by atoms with Crippen molar-refractivity contribution in [2.45, 2.75) is 38.6 Å². The number of aromatic nitrogens is 1. The molecule has 0 unspecified atom stereocenters. The van der Waals surface area contributed by atoms with Crippen LogP contribution in [0, 0.1) is 12.8 Å². The smallest absolute Gasteiger partial charge is 0.475 e. The first-order valence-electron chi connectivity index (χ1n) is 9.69. The van der Waals surface area contributed by atoms with Gasteiger partial charge in [0, 0.05) is 38.9 Å². The van der Waals surface area contributed by atoms with Gasteiger partial charge in [-0.05, 0) is 37.5 Å². The van der Waals surface area contributed by atoms with Crippen molar-refractivity contribution in [1.29, 1.82) is 0 Å². The zero-order chi connectivity index (χ0) is 22.1. The molecule has 30 heavy (non-hydrogen) atoms. The fourth-order valence-electron chi connectivity index (χ4n) is 3.60. The minimum atomic E-state index is -5.08. The molecule has 0 saturated carbocycles. The van der Waals surface area contributed by atoms with E-state index >= 15 is 0 Å². The maximum Gasteiger partial charge on any atom is 0.490 e. The molecule has 2 atom stereocenters. The molecule has 0 bridgehead atoms. The second-order valence-electron chi connectivity index (χ2n) is 7.38. The van der Waals surface area contributed by atoms with Gasteiger partial charge in [0.05, 0.1) is 11.8 Å². The first-order chi connectivity index (χ1) is 14.2. The Kier molecular flexibility index (Phi) is 8.80. The van der Waals surface area contributed by atoms with E-state index in [2.05, 4.69) is 53.2 Å². The Hall–Kier alpha value is -2.45. The van der Waals surface area contributed by atoms with Crippen LogP contribution in [0.2, 0.25) is 0 Å². The van der Waals surface area contributed by atoms with Crippen molar-refractivity contribution >= 4 is 5.97 Å². The lowest BCUT2D eigenvalue weighted by atomic mass is 9.88. The van der Waals surface area contributed by atoms with Crippen LogP contribution in [-0.2, 0) is 22.5 Å². The number of nitrogens with zero attached hydrogens (tertiary/aromatic N) is 2. The molecule has 0 aliphatic carbocycles. The van der Waals surface area contributed by atoms with Gasteiger partial charge in [-0.25, -0.2) is 4.79 Å². The Morgan fingerprint density at radius 2 is 2.00 bits per heavy atom. The number of piperidine rings is 1. The van der Waals surface area contributed by atoms with E-state index in [9.17, 15) is 13.2 Å². The van der Waals surface area contributed by atoms with Crippen molar-refractivity contribution in [2.75, 3.05) is 20.2 Å². The second kappa shape index (κ2) is 11.1. The number of carboxylic acid groups (broad SMARTS) is 1. The van der Waals surface area contributed by atoms with Crippen LogP contribution in [-0.4, -0.2) is 53.4 Å². The van der Waals surface area contributed by atoms with Gasteiger partial charge in [-0.2, -0.15) is 13.2 Å². The van der Waals surface area contributed by atoms with Gasteiger partial charge in [0.1, 0.15) is 0 Å². The van der Waals surface area contributed by atoms with Crippen molar-refractivity contribution in [3.8, 4) is 0 Å². The largest absolute Gasteiger partial charge is 0.490 e. The van der Waals surface area contributed by atoms with Gasteiger partial charge in [0.25, 0.3) is 0 Å². The van der Waals surface area contributed by atoms with Crippen molar-refractivity contribution < 1.29 is 27.8 Å². The van der Waals surface area contributed by atoms with Crippen LogP contribution in [0.3, 0.4) is 0 Å². The maximum absolute atomic E-state index is 10.6. The molecule has 3 rings (SSSR count). The first kappa shape index (κ1) is 23.8. The third kappa shape index (κ3) is 7.76. The van der Waals surface area contributed by atoms with Crippen LogP contribution in [0.15, 0.2) is 48.7 Å². The summed E-state index contributed by atoms with van der Waals surface area (Å²) < 4.78 is 37.5. The molecule has 0 amide bonds. The molecule has 8 heteroatoms. The summed E-state index contributed by atoms with van der Waals surface area (Å²) in [6, 6.07) is 15.0. The van der Waals surface area contributed by atoms with Crippen molar-refractivity contribution in [3.05, 3.63) is 65.5 Å². The van der Waals surface area contributed by atoms with E-state index < -0.39 is 12.1 Å². The van der Waals surface area contributed by atoms with Crippen molar-refractivity contribution in [3.63, 3.8) is 0 Å². The standard InChI is InChI=1S/C20H26N2O.C2HF3O2/c1-16-6-5-7-17(12-16)13-18-14-22(11-9-20(18)23-2)15-19-8-3-4-10-21-19;3-2(4,5)1(6)7/h3-8,10,12,18,20H,9,11,13-15H2,1-2H3;(H,6,7)/t18-,20-;/m0./s1. The number of methoxy groups -OCH3 is 1. The van der Waals surface area contributed by atoms with Crippen LogP contribution in [0.5, 0.6) is 0 Å². The first-order valence-corrected chi connectivity index (χ1v) is 9.69. The number of hydrogen-bond acceptors (Lipinski definition) is 4. The number of ether oxygens (including phenoxy) is 1. The van der Waals surface area contributed by atoms with Gasteiger partial charge in [0.2, 0.25) is 0 Å². The quantitative estimate of drug-likeness (QED) is 0.783. The van der Waals surface area contributed by atoms with E-state index in [1.54, 1.807) is 0 Å². The number of benzene rings is 1. The third-order valence-electron chi connectivity index (χ3n) is 4.99. The predicted octanol–water partition coefficient (Wildman–Crippen LogP) is 4.10. The number of aliphatic carboxylic acids is 1. The molecule has 1 aromatic carbocycles. The maximum atomic E-state index is 10.6. The Morgan fingerprint density at radius 3 is 2.57 bits per heavy atom. The normalized spacial score (nSPS) is 19.6. The Bertz CT molecular complexity index is 800. The lowest BCUT2D eigenvalue weighted by Crippen LogP contribution is -2.44. The van der Waals surface area contributed by atoms with Crippen LogP contribution < -0.4 is 0 Å². The number of alkyl halides is 3. The zero-order valence-electron chi connectivity index (χ0n) is 17.1. The number of hydrogen-bond donors (Lipinski definition) is 1. The van der Waals surface area contributed by atoms with Crippen LogP contribution in [0.25, 0.3) is 0 Å². The number of likely N-dealkylation sites (tertiary alicyclic amines) is 1. The summed E-state index contributed by atoms with van der Waals surface area (Å²) in [4.78, 5) is 15.9. The van der Waals surface area contributed by atoms with Gasteiger partial charge < -0.3 is 9.84 Å². The summed E-state index contributed by atoms with van der Waals surface area (Å²) >= 11 is 0. The summed E-state index contributed by atoms with van der Waals surface area (Å²) in [7, 11) is 1.85. The highest BCUT2D eigenvalue weighted by Crippen LogP contribution is 2.25. The zero-order valence-corrected chi connectivity index (χ0v) is 17.1. The predicted molar refractivity (Wildman–Crippen MR) is 107 cm³/mol. The van der Waals surface area contributed by atoms with E-state index in [0.717, 1.165) is 38.2 Å². The summed E-state index contributed by atoms with van der Waals surface area (Å²) in [6.45, 7) is 5.25. The minimum Gasteiger partial charge on any atom is -0.475 e. The molecule has 1 fully saturated rings. The van der Waals surface area contributed by atoms with Gasteiger partial charge in [-0.15, -0.1) is 0 Å². The number of carbonyl (C=O) groups is 1. The third-order valence-corrected chi connectivity index (χ3v) is 4.99. The average molecular weight is 424 g/mol. The fraction of sp³-hybridized carbons (Fsp3) is 0.455. The average Bonchev–Trinajstić information content (AvgIpc) is 2.69. The SMILES string of the molecule is CO[C@H]1CCN(Cc2ccccn2)C[C@@H]1Cc1cccc(C)c1.O=C(O)C(F)(F)F. The van der Waals surface area contributed by atoms with Crippen LogP contribution in [0.4, 0.5) is 13.2 Å². The number of aryl methyl sites for hydroxylation is 1. The van der Waals surface area contributed by atoms with E-state index in [-0.39, 0.29) is 0 Å². The second-order valence-corrected chi connectivity index (χ2v) is 7.38. The highest BCUT2D eigenvalue weighted by molar-refractivity contribution is 5.73. The molecule has 0 radical (unpaired) electrons. The highest BCUT2D eigenvalue weighted by atomic mass is 19.4. The molecule has 1 aromatic heterocycles. The molecule has 5 nitrogen and oxygen atoms in total. The van der Waals surface area contributed by atoms with Gasteiger partial charge in [-0.1, -0.05) is 35.9 Å². The molecular weight excluding hydrogens is 397 g/mol. The number of halogens is 3. The lowest BCUT2D eigenvalue weighted by molar-refractivity contribution is -0.192. The molecule has 2 heterocycles. The molecule has 164 valence electrons. The summed E-state index contributed by atoms with van der Waals surface area (Å²) in [5.41, 5.74) is 3.90. The summed E-state index contributed by atoms with van der Waals surface area (Å²) in [6.07, 6.45) is -0.671. The molecule has 1 aliphatic rings. The monoisotopic (exact) mass is 424 g/mol. The molecule has 0 spiro atoms. The van der Waals surface area contributed by atoms with E-state index in [0.29, 0.717) is 12.0 Å². The summed E-state index contributed by atoms with van der Waals surface area (Å²) in [5, 5.41) is 7.12. The van der Waals surface area contributed by atoms with Gasteiger partial charge in [0.15, 0.2) is 0 Å². The number of pyridine rings is 1. The Balaban J connectivity index is 0.000000396. The number of rotatable bonds is 5. The van der Waals surface area contributed by atoms with E-state index in [1.807, 2.05) is 19.4 Å². The highest BCUT2D eigenvalue weighted by Gasteiger charge is 2.38. The molecule has 2 aromatic rings. The molecular formula is C22H27F3N2O3. The Morgan fingerprint density at radius 1 is 1.27 bits per heavy atom. The lowest BCUT2D eigenvalue weighted by Gasteiger charge is -2.38. The van der Waals surface area contributed by atoms with Gasteiger partial charge in [-0.3, -0.25) is 9.88 Å². The van der Waals surface area contributed by atoms with Crippen molar-refractivity contribution in [1.82, 2.24) is 9.88 Å². The van der Waals surface area contributed by atoms with Crippen LogP contribution in [0.1, 0.15) is 23.2 Å². The minimum absolute atomic E-state index is 0.357. The van der Waals surface area contributed by atoms with E-state index in [4.69, 9.17) is 14.6 Å². The molecule has 1 aliphatic heterocycles. The Labute approximate surface area is 174 Å². The number of carboxylic acids is 1.